The van der Waals surface area contributed by atoms with Gasteiger partial charge in [-0.05, 0) is 12.1 Å². The summed E-state index contributed by atoms with van der Waals surface area (Å²) in [4.78, 5) is 8.90. The lowest BCUT2D eigenvalue weighted by Gasteiger charge is -2.14. The number of fused-ring (bicyclic) bond motifs is 1. The van der Waals surface area contributed by atoms with E-state index in [0.717, 1.165) is 35.5 Å². The average molecular weight is 408 g/mol. The zero-order valence-corrected chi connectivity index (χ0v) is 14.8. The average Bonchev–Trinajstić information content (AvgIpc) is 2.80. The van der Waals surface area contributed by atoms with E-state index in [1.807, 2.05) is 24.3 Å². The lowest BCUT2D eigenvalue weighted by Crippen LogP contribution is -2.21. The lowest BCUT2D eigenvalue weighted by molar-refractivity contribution is -0.192. The molecule has 2 N–H and O–H groups in total. The lowest BCUT2D eigenvalue weighted by atomic mass is 10.0. The van der Waals surface area contributed by atoms with Crippen molar-refractivity contribution in [3.05, 3.63) is 52.0 Å². The first kappa shape index (κ1) is 20.4. The molecular weight excluding hydrogens is 394 g/mol. The van der Waals surface area contributed by atoms with Gasteiger partial charge in [-0.25, -0.2) is 4.79 Å². The number of hydrogen-bond acceptors (Lipinski definition) is 3. The van der Waals surface area contributed by atoms with Crippen molar-refractivity contribution in [2.45, 2.75) is 12.7 Å². The van der Waals surface area contributed by atoms with Crippen molar-refractivity contribution in [2.24, 2.45) is 0 Å². The number of halogens is 5. The summed E-state index contributed by atoms with van der Waals surface area (Å²) in [6.45, 7) is 2.33. The van der Waals surface area contributed by atoms with Gasteiger partial charge in [-0.15, -0.1) is 0 Å². The minimum absolute atomic E-state index is 0.637. The molecule has 0 unspecified atom stereocenters. The fourth-order valence-corrected chi connectivity index (χ4v) is 2.77. The molecule has 3 rings (SSSR count). The molecule has 0 aromatic heterocycles. The van der Waals surface area contributed by atoms with Crippen LogP contribution in [0.3, 0.4) is 0 Å². The van der Waals surface area contributed by atoms with E-state index in [1.54, 1.807) is 6.07 Å². The van der Waals surface area contributed by atoms with Crippen LogP contribution in [0.2, 0.25) is 10.0 Å². The summed E-state index contributed by atoms with van der Waals surface area (Å²) >= 11 is 12.2. The molecule has 2 aromatic carbocycles. The number of ether oxygens (including phenoxy) is 1. The van der Waals surface area contributed by atoms with Crippen molar-refractivity contribution in [1.82, 2.24) is 5.32 Å². The number of rotatable bonds is 1. The van der Waals surface area contributed by atoms with Crippen LogP contribution in [0.1, 0.15) is 5.56 Å². The first-order valence-electron chi connectivity index (χ1n) is 7.41. The number of hydrogen-bond donors (Lipinski definition) is 2. The minimum Gasteiger partial charge on any atom is -0.491 e. The maximum atomic E-state index is 10.6. The highest BCUT2D eigenvalue weighted by Gasteiger charge is 2.38. The molecule has 0 radical (unpaired) electrons. The Kier molecular flexibility index (Phi) is 6.75. The topological polar surface area (TPSA) is 58.6 Å². The van der Waals surface area contributed by atoms with Crippen LogP contribution in [-0.2, 0) is 11.3 Å². The normalized spacial score (nSPS) is 13.6. The predicted octanol–water partition coefficient (Wildman–Crippen LogP) is 4.78. The second kappa shape index (κ2) is 8.62. The Morgan fingerprint density at radius 1 is 1.15 bits per heavy atom. The maximum Gasteiger partial charge on any atom is 0.490 e. The van der Waals surface area contributed by atoms with Gasteiger partial charge in [-0.2, -0.15) is 13.2 Å². The van der Waals surface area contributed by atoms with Crippen molar-refractivity contribution >= 4 is 29.2 Å². The summed E-state index contributed by atoms with van der Waals surface area (Å²) in [7, 11) is 0. The van der Waals surface area contributed by atoms with Crippen LogP contribution in [0.15, 0.2) is 36.4 Å². The van der Waals surface area contributed by atoms with E-state index in [9.17, 15) is 13.2 Å². The highest BCUT2D eigenvalue weighted by atomic mass is 35.5. The Labute approximate surface area is 157 Å². The number of nitrogens with one attached hydrogen (secondary N) is 1. The van der Waals surface area contributed by atoms with Crippen LogP contribution in [0.5, 0.6) is 5.75 Å². The molecule has 1 aliphatic heterocycles. The quantitative estimate of drug-likeness (QED) is 0.714. The van der Waals surface area contributed by atoms with Crippen molar-refractivity contribution in [3.8, 4) is 16.9 Å². The van der Waals surface area contributed by atoms with Gasteiger partial charge in [0, 0.05) is 34.8 Å². The largest absolute Gasteiger partial charge is 0.491 e. The number of carboxylic acid groups (broad SMARTS) is 1. The van der Waals surface area contributed by atoms with Crippen molar-refractivity contribution < 1.29 is 27.8 Å². The third kappa shape index (κ3) is 5.27. The van der Waals surface area contributed by atoms with Gasteiger partial charge in [0.15, 0.2) is 0 Å². The summed E-state index contributed by atoms with van der Waals surface area (Å²) in [6, 6.07) is 11.7. The molecule has 0 amide bonds. The molecule has 4 nitrogen and oxygen atoms in total. The Hall–Kier alpha value is -1.96. The van der Waals surface area contributed by atoms with Crippen LogP contribution < -0.4 is 10.1 Å². The molecule has 0 fully saturated rings. The van der Waals surface area contributed by atoms with E-state index in [-0.39, 0.29) is 0 Å². The van der Waals surface area contributed by atoms with E-state index in [0.29, 0.717) is 16.7 Å². The summed E-state index contributed by atoms with van der Waals surface area (Å²) in [5.41, 5.74) is 3.12. The Morgan fingerprint density at radius 3 is 2.46 bits per heavy atom. The molecule has 1 aliphatic rings. The minimum atomic E-state index is -5.08. The molecule has 2 aromatic rings. The fourth-order valence-electron chi connectivity index (χ4n) is 2.26. The van der Waals surface area contributed by atoms with Gasteiger partial charge in [0.2, 0.25) is 0 Å². The summed E-state index contributed by atoms with van der Waals surface area (Å²) in [5, 5.41) is 11.7. The number of carboxylic acids is 1. The molecule has 1 heterocycles. The van der Waals surface area contributed by atoms with Crippen LogP contribution >= 0.6 is 23.2 Å². The Balaban J connectivity index is 0.000000298. The first-order chi connectivity index (χ1) is 12.2. The fraction of sp³-hybridized carbons (Fsp3) is 0.235. The van der Waals surface area contributed by atoms with Crippen LogP contribution in [0, 0.1) is 0 Å². The maximum absolute atomic E-state index is 10.6. The van der Waals surface area contributed by atoms with Crippen LogP contribution in [0.25, 0.3) is 11.1 Å². The predicted molar refractivity (Wildman–Crippen MR) is 92.8 cm³/mol. The van der Waals surface area contributed by atoms with Crippen LogP contribution in [-0.4, -0.2) is 30.4 Å². The van der Waals surface area contributed by atoms with E-state index in [2.05, 4.69) is 11.4 Å². The zero-order chi connectivity index (χ0) is 19.3. The number of alkyl halides is 3. The van der Waals surface area contributed by atoms with Crippen molar-refractivity contribution in [1.29, 1.82) is 0 Å². The molecule has 0 aliphatic carbocycles. The molecule has 0 bridgehead atoms. The smallest absolute Gasteiger partial charge is 0.490 e. The van der Waals surface area contributed by atoms with E-state index < -0.39 is 12.1 Å². The van der Waals surface area contributed by atoms with E-state index in [4.69, 9.17) is 37.8 Å². The number of aliphatic carboxylic acids is 1. The zero-order valence-electron chi connectivity index (χ0n) is 13.2. The van der Waals surface area contributed by atoms with Crippen LogP contribution in [0.4, 0.5) is 13.2 Å². The molecule has 0 atom stereocenters. The molecule has 0 saturated heterocycles. The third-order valence-corrected chi connectivity index (χ3v) is 3.95. The molecule has 9 heteroatoms. The number of carbonyl (C=O) groups is 1. The van der Waals surface area contributed by atoms with Gasteiger partial charge in [0.05, 0.1) is 5.02 Å². The SMILES string of the molecule is Clc1ccc(-c2cccc3c2OCCNC3)c(Cl)c1.O=C(O)C(F)(F)F. The second-order valence-corrected chi connectivity index (χ2v) is 6.09. The standard InChI is InChI=1S/C15H13Cl2NO.C2HF3O2/c16-11-4-5-12(14(17)8-11)13-3-1-2-10-9-18-6-7-19-15(10)13;3-2(4,5)1(6)7/h1-5,8,18H,6-7,9H2;(H,6,7). The highest BCUT2D eigenvalue weighted by Crippen LogP contribution is 2.38. The first-order valence-corrected chi connectivity index (χ1v) is 8.16. The number of benzene rings is 2. The molecule has 0 spiro atoms. The molecule has 140 valence electrons. The Bertz CT molecular complexity index is 797. The second-order valence-electron chi connectivity index (χ2n) is 5.25. The van der Waals surface area contributed by atoms with Gasteiger partial charge in [0.1, 0.15) is 12.4 Å². The molecular formula is C17H14Cl2F3NO3. The van der Waals surface area contributed by atoms with Gasteiger partial charge in [0.25, 0.3) is 0 Å². The van der Waals surface area contributed by atoms with Crippen molar-refractivity contribution in [2.75, 3.05) is 13.2 Å². The van der Waals surface area contributed by atoms with E-state index >= 15 is 0 Å². The highest BCUT2D eigenvalue weighted by molar-refractivity contribution is 6.36. The molecule has 26 heavy (non-hydrogen) atoms. The summed E-state index contributed by atoms with van der Waals surface area (Å²) in [6.07, 6.45) is -5.08. The third-order valence-electron chi connectivity index (χ3n) is 3.40. The summed E-state index contributed by atoms with van der Waals surface area (Å²) in [5.74, 6) is -1.84. The monoisotopic (exact) mass is 407 g/mol. The summed E-state index contributed by atoms with van der Waals surface area (Å²) < 4.78 is 37.6. The van der Waals surface area contributed by atoms with E-state index in [1.165, 1.54) is 0 Å². The van der Waals surface area contributed by atoms with Gasteiger partial charge >= 0.3 is 12.1 Å². The Morgan fingerprint density at radius 2 is 1.85 bits per heavy atom. The van der Waals surface area contributed by atoms with Gasteiger partial charge < -0.3 is 15.2 Å². The van der Waals surface area contributed by atoms with Gasteiger partial charge in [-0.1, -0.05) is 47.5 Å². The van der Waals surface area contributed by atoms with Crippen molar-refractivity contribution in [3.63, 3.8) is 0 Å². The molecule has 0 saturated carbocycles. The number of para-hydroxylation sites is 1. The van der Waals surface area contributed by atoms with Gasteiger partial charge in [-0.3, -0.25) is 0 Å².